The molecular formula is C32H23BrClN3O3S. The van der Waals surface area contributed by atoms with E-state index in [0.29, 0.717) is 42.8 Å². The minimum absolute atomic E-state index is 0.263. The molecule has 1 aliphatic heterocycles. The fourth-order valence-electron chi connectivity index (χ4n) is 4.82. The third-order valence-corrected chi connectivity index (χ3v) is 8.66. The number of anilines is 1. The van der Waals surface area contributed by atoms with E-state index in [1.807, 2.05) is 79.7 Å². The Labute approximate surface area is 253 Å². The van der Waals surface area contributed by atoms with Crippen molar-refractivity contribution in [2.45, 2.75) is 19.9 Å². The number of nitrogens with zero attached hydrogens (tertiary/aromatic N) is 2. The van der Waals surface area contributed by atoms with Crippen LogP contribution in [0.4, 0.5) is 5.69 Å². The predicted octanol–water partition coefficient (Wildman–Crippen LogP) is 6.86. The molecule has 5 aromatic rings. The first kappa shape index (κ1) is 27.2. The summed E-state index contributed by atoms with van der Waals surface area (Å²) in [5, 5.41) is 3.52. The van der Waals surface area contributed by atoms with Gasteiger partial charge in [-0.25, -0.2) is 4.99 Å². The van der Waals surface area contributed by atoms with Crippen LogP contribution in [0.25, 0.3) is 17.4 Å². The van der Waals surface area contributed by atoms with Crippen LogP contribution in [0.2, 0.25) is 5.02 Å². The van der Waals surface area contributed by atoms with Gasteiger partial charge >= 0.3 is 0 Å². The lowest BCUT2D eigenvalue weighted by Gasteiger charge is -2.25. The second kappa shape index (κ2) is 11.1. The van der Waals surface area contributed by atoms with Crippen LogP contribution in [0.15, 0.2) is 115 Å². The molecule has 0 radical (unpaired) electrons. The Balaban J connectivity index is 1.45. The summed E-state index contributed by atoms with van der Waals surface area (Å²) in [5.41, 5.74) is 4.12. The second-order valence-corrected chi connectivity index (χ2v) is 11.9. The van der Waals surface area contributed by atoms with E-state index in [4.69, 9.17) is 21.0 Å². The van der Waals surface area contributed by atoms with Crippen LogP contribution in [0.3, 0.4) is 0 Å². The average molecular weight is 645 g/mol. The molecule has 204 valence electrons. The number of fused-ring (bicyclic) bond motifs is 1. The number of carbonyl (C=O) groups excluding carboxylic acids is 1. The van der Waals surface area contributed by atoms with Crippen molar-refractivity contribution < 1.29 is 9.21 Å². The monoisotopic (exact) mass is 643 g/mol. The highest BCUT2D eigenvalue weighted by Gasteiger charge is 2.32. The molecule has 1 amide bonds. The Morgan fingerprint density at radius 1 is 1.05 bits per heavy atom. The normalized spacial score (nSPS) is 15.0. The molecule has 1 N–H and O–H groups in total. The molecule has 2 aromatic heterocycles. The lowest BCUT2D eigenvalue weighted by Crippen LogP contribution is -2.40. The van der Waals surface area contributed by atoms with Crippen LogP contribution in [0, 0.1) is 6.92 Å². The number of thiazole rings is 1. The standard InChI is InChI=1S/C32H23BrClN3O3S/c1-18-8-14-24(25(33)16-18)26-15-13-23(40-26)17-27-31(39)37-29(20-9-11-21(34)12-10-20)28(19(2)35-32(37)41-27)30(38)36-22-6-4-3-5-7-22/h3-17,29H,1-2H3,(H,36,38)/b27-17-. The molecule has 0 fully saturated rings. The molecule has 9 heteroatoms. The summed E-state index contributed by atoms with van der Waals surface area (Å²) in [6.07, 6.45) is 1.72. The summed E-state index contributed by atoms with van der Waals surface area (Å²) in [7, 11) is 0. The number of nitrogens with one attached hydrogen (secondary N) is 1. The molecule has 0 spiro atoms. The number of carbonyl (C=O) groups is 1. The molecule has 6 nitrogen and oxygen atoms in total. The smallest absolute Gasteiger partial charge is 0.271 e. The van der Waals surface area contributed by atoms with E-state index in [0.717, 1.165) is 21.2 Å². The number of para-hydroxylation sites is 1. The molecule has 41 heavy (non-hydrogen) atoms. The maximum absolute atomic E-state index is 13.9. The van der Waals surface area contributed by atoms with Gasteiger partial charge in [0.1, 0.15) is 11.5 Å². The first-order chi connectivity index (χ1) is 19.8. The molecular weight excluding hydrogens is 622 g/mol. The van der Waals surface area contributed by atoms with Crippen molar-refractivity contribution in [3.05, 3.63) is 142 Å². The Morgan fingerprint density at radius 3 is 2.54 bits per heavy atom. The van der Waals surface area contributed by atoms with Crippen molar-refractivity contribution in [1.82, 2.24) is 4.57 Å². The van der Waals surface area contributed by atoms with Gasteiger partial charge in [-0.05, 0) is 73.5 Å². The Morgan fingerprint density at radius 2 is 1.80 bits per heavy atom. The molecule has 0 saturated heterocycles. The number of aryl methyl sites for hydroxylation is 1. The largest absolute Gasteiger partial charge is 0.457 e. The van der Waals surface area contributed by atoms with Crippen molar-refractivity contribution in [3.8, 4) is 11.3 Å². The van der Waals surface area contributed by atoms with Crippen molar-refractivity contribution in [3.63, 3.8) is 0 Å². The third-order valence-electron chi connectivity index (χ3n) is 6.77. The van der Waals surface area contributed by atoms with Crippen LogP contribution in [0.1, 0.15) is 29.9 Å². The summed E-state index contributed by atoms with van der Waals surface area (Å²) in [4.78, 5) is 32.8. The second-order valence-electron chi connectivity index (χ2n) is 9.64. The van der Waals surface area contributed by atoms with Crippen molar-refractivity contribution in [2.24, 2.45) is 4.99 Å². The molecule has 3 aromatic carbocycles. The van der Waals surface area contributed by atoms with E-state index in [1.54, 1.807) is 29.7 Å². The Kier molecular flexibility index (Phi) is 7.38. The highest BCUT2D eigenvalue weighted by Crippen LogP contribution is 2.32. The van der Waals surface area contributed by atoms with E-state index in [9.17, 15) is 9.59 Å². The SMILES string of the molecule is CC1=C(C(=O)Nc2ccccc2)C(c2ccc(Cl)cc2)n2c(s/c(=C\c3ccc(-c4ccc(C)cc4Br)o3)c2=O)=N1. The Hall–Kier alpha value is -3.98. The van der Waals surface area contributed by atoms with Crippen molar-refractivity contribution in [1.29, 1.82) is 0 Å². The predicted molar refractivity (Wildman–Crippen MR) is 167 cm³/mol. The van der Waals surface area contributed by atoms with Gasteiger partial charge in [0.15, 0.2) is 4.80 Å². The number of rotatable bonds is 5. The van der Waals surface area contributed by atoms with Gasteiger partial charge in [0.05, 0.1) is 21.8 Å². The minimum atomic E-state index is -0.690. The zero-order valence-electron chi connectivity index (χ0n) is 22.0. The van der Waals surface area contributed by atoms with Crippen LogP contribution >= 0.6 is 38.9 Å². The molecule has 0 bridgehead atoms. The molecule has 1 unspecified atom stereocenters. The summed E-state index contributed by atoms with van der Waals surface area (Å²) >= 11 is 11.0. The quantitative estimate of drug-likeness (QED) is 0.227. The number of hydrogen-bond donors (Lipinski definition) is 1. The lowest BCUT2D eigenvalue weighted by atomic mass is 9.95. The fraction of sp³-hybridized carbons (Fsp3) is 0.0938. The van der Waals surface area contributed by atoms with Gasteiger partial charge in [-0.1, -0.05) is 75.3 Å². The lowest BCUT2D eigenvalue weighted by molar-refractivity contribution is -0.113. The van der Waals surface area contributed by atoms with Crippen LogP contribution in [-0.4, -0.2) is 10.5 Å². The van der Waals surface area contributed by atoms with Crippen molar-refractivity contribution in [2.75, 3.05) is 5.32 Å². The van der Waals surface area contributed by atoms with Gasteiger partial charge in [-0.2, -0.15) is 0 Å². The summed E-state index contributed by atoms with van der Waals surface area (Å²) in [6.45, 7) is 3.82. The van der Waals surface area contributed by atoms with Gasteiger partial charge in [-0.15, -0.1) is 0 Å². The molecule has 3 heterocycles. The topological polar surface area (TPSA) is 76.6 Å². The highest BCUT2D eigenvalue weighted by molar-refractivity contribution is 9.10. The summed E-state index contributed by atoms with van der Waals surface area (Å²) in [6, 6.07) is 25.4. The number of halogens is 2. The third kappa shape index (κ3) is 5.38. The maximum atomic E-state index is 13.9. The van der Waals surface area contributed by atoms with Gasteiger partial charge < -0.3 is 9.73 Å². The molecule has 1 aliphatic rings. The van der Waals surface area contributed by atoms with Crippen LogP contribution < -0.4 is 20.2 Å². The van der Waals surface area contributed by atoms with E-state index in [-0.39, 0.29) is 11.5 Å². The maximum Gasteiger partial charge on any atom is 0.271 e. The highest BCUT2D eigenvalue weighted by atomic mass is 79.9. The molecule has 1 atom stereocenters. The number of benzene rings is 3. The number of aromatic nitrogens is 1. The van der Waals surface area contributed by atoms with Crippen LogP contribution in [-0.2, 0) is 4.79 Å². The summed E-state index contributed by atoms with van der Waals surface area (Å²) in [5.74, 6) is 0.898. The zero-order valence-corrected chi connectivity index (χ0v) is 25.2. The van der Waals surface area contributed by atoms with Gasteiger partial charge in [0.2, 0.25) is 0 Å². The van der Waals surface area contributed by atoms with E-state index >= 15 is 0 Å². The minimum Gasteiger partial charge on any atom is -0.457 e. The van der Waals surface area contributed by atoms with Gasteiger partial charge in [0, 0.05) is 26.8 Å². The molecule has 6 rings (SSSR count). The average Bonchev–Trinajstić information content (AvgIpc) is 3.53. The van der Waals surface area contributed by atoms with Crippen molar-refractivity contribution >= 4 is 56.5 Å². The number of allylic oxidation sites excluding steroid dienone is 1. The van der Waals surface area contributed by atoms with E-state index in [1.165, 1.54) is 11.3 Å². The van der Waals surface area contributed by atoms with Crippen LogP contribution in [0.5, 0.6) is 0 Å². The fourth-order valence-corrected chi connectivity index (χ4v) is 6.66. The number of furan rings is 1. The van der Waals surface area contributed by atoms with Gasteiger partial charge in [-0.3, -0.25) is 14.2 Å². The number of hydrogen-bond acceptors (Lipinski definition) is 5. The molecule has 0 saturated carbocycles. The first-order valence-corrected chi connectivity index (χ1v) is 14.8. The van der Waals surface area contributed by atoms with Gasteiger partial charge in [0.25, 0.3) is 11.5 Å². The summed E-state index contributed by atoms with van der Waals surface area (Å²) < 4.78 is 9.06. The molecule has 0 aliphatic carbocycles. The van der Waals surface area contributed by atoms with E-state index in [2.05, 4.69) is 21.2 Å². The first-order valence-electron chi connectivity index (χ1n) is 12.8. The Bertz CT molecular complexity index is 2010. The van der Waals surface area contributed by atoms with E-state index < -0.39 is 6.04 Å². The zero-order chi connectivity index (χ0) is 28.7. The number of amides is 1.